The molecule has 2 aromatic carbocycles. The number of carbonyl (C=O) groups excluding carboxylic acids is 2. The number of carboxylic acid groups (broad SMARTS) is 1. The second-order valence-electron chi connectivity index (χ2n) is 8.14. The number of ether oxygens (including phenoxy) is 2. The predicted molar refractivity (Wildman–Crippen MR) is 116 cm³/mol. The highest BCUT2D eigenvalue weighted by Gasteiger charge is 2.36. The molecule has 0 spiro atoms. The molecule has 2 aliphatic carbocycles. The first kappa shape index (κ1) is 21.8. The Kier molecular flexibility index (Phi) is 6.41. The summed E-state index contributed by atoms with van der Waals surface area (Å²) in [6, 6.07) is 16.1. The summed E-state index contributed by atoms with van der Waals surface area (Å²) in [5.74, 6) is -1.63. The number of carboxylic acids is 1. The van der Waals surface area contributed by atoms with Crippen molar-refractivity contribution in [3.05, 3.63) is 59.7 Å². The fraction of sp³-hybridized carbons (Fsp3) is 0.375. The summed E-state index contributed by atoms with van der Waals surface area (Å²) < 4.78 is 10.3. The lowest BCUT2D eigenvalue weighted by Gasteiger charge is -2.34. The molecule has 0 heterocycles. The highest BCUT2D eigenvalue weighted by atomic mass is 16.5. The molecule has 2 aromatic rings. The van der Waals surface area contributed by atoms with Crippen molar-refractivity contribution in [2.75, 3.05) is 20.3 Å². The van der Waals surface area contributed by atoms with E-state index < -0.39 is 18.2 Å². The number of hydrogen-bond donors (Lipinski definition) is 3. The van der Waals surface area contributed by atoms with Gasteiger partial charge in [0.15, 0.2) is 6.10 Å². The Morgan fingerprint density at radius 1 is 1.03 bits per heavy atom. The molecule has 32 heavy (non-hydrogen) atoms. The van der Waals surface area contributed by atoms with Gasteiger partial charge in [0.25, 0.3) is 0 Å². The molecule has 168 valence electrons. The zero-order chi connectivity index (χ0) is 22.7. The number of nitrogens with one attached hydrogen (secondary N) is 2. The van der Waals surface area contributed by atoms with Gasteiger partial charge in [0, 0.05) is 25.0 Å². The van der Waals surface area contributed by atoms with Crippen molar-refractivity contribution in [2.24, 2.45) is 5.92 Å². The highest BCUT2D eigenvalue weighted by Crippen LogP contribution is 2.44. The number of rotatable bonds is 8. The van der Waals surface area contributed by atoms with Gasteiger partial charge in [0.05, 0.1) is 6.54 Å². The van der Waals surface area contributed by atoms with Crippen LogP contribution in [0.25, 0.3) is 11.1 Å². The van der Waals surface area contributed by atoms with E-state index in [1.165, 1.54) is 18.2 Å². The molecule has 3 N–H and O–H groups in total. The Hall–Kier alpha value is -3.39. The molecule has 1 atom stereocenters. The smallest absolute Gasteiger partial charge is 0.407 e. The van der Waals surface area contributed by atoms with Gasteiger partial charge in [-0.05, 0) is 35.1 Å². The van der Waals surface area contributed by atoms with E-state index >= 15 is 0 Å². The van der Waals surface area contributed by atoms with Crippen molar-refractivity contribution in [2.45, 2.75) is 30.9 Å². The minimum absolute atomic E-state index is 0.00367. The van der Waals surface area contributed by atoms with Crippen LogP contribution in [0.15, 0.2) is 48.5 Å². The van der Waals surface area contributed by atoms with Crippen molar-refractivity contribution in [3.8, 4) is 11.1 Å². The summed E-state index contributed by atoms with van der Waals surface area (Å²) in [4.78, 5) is 35.4. The summed E-state index contributed by atoms with van der Waals surface area (Å²) in [5.41, 5.74) is 4.64. The molecule has 2 amide bonds. The molecule has 0 radical (unpaired) electrons. The molecule has 1 fully saturated rings. The van der Waals surface area contributed by atoms with Gasteiger partial charge in [-0.15, -0.1) is 0 Å². The molecule has 0 aromatic heterocycles. The molecular formula is C24H26N2O6. The Labute approximate surface area is 185 Å². The Balaban J connectivity index is 1.23. The van der Waals surface area contributed by atoms with E-state index in [-0.39, 0.29) is 36.9 Å². The topological polar surface area (TPSA) is 114 Å². The van der Waals surface area contributed by atoms with E-state index in [9.17, 15) is 14.4 Å². The van der Waals surface area contributed by atoms with Crippen LogP contribution < -0.4 is 10.6 Å². The standard InChI is InChI=1S/C24H26N2O6/c1-31-21(23(28)29)12-25-22(27)14-10-15(11-14)26-24(30)32-13-20-18-8-4-2-6-16(18)17-7-3-5-9-19(17)20/h2-9,14-15,20-21H,10-13H2,1H3,(H,25,27)(H,26,30)(H,28,29). The van der Waals surface area contributed by atoms with Gasteiger partial charge in [-0.25, -0.2) is 9.59 Å². The van der Waals surface area contributed by atoms with Crippen LogP contribution in [0.4, 0.5) is 4.79 Å². The van der Waals surface area contributed by atoms with Gasteiger partial charge >= 0.3 is 12.1 Å². The van der Waals surface area contributed by atoms with Crippen molar-refractivity contribution in [3.63, 3.8) is 0 Å². The second-order valence-corrected chi connectivity index (χ2v) is 8.14. The lowest BCUT2D eigenvalue weighted by molar-refractivity contribution is -0.148. The summed E-state index contributed by atoms with van der Waals surface area (Å²) in [6.07, 6.45) is -0.601. The van der Waals surface area contributed by atoms with Crippen LogP contribution in [0.5, 0.6) is 0 Å². The number of amides is 2. The first-order chi connectivity index (χ1) is 15.5. The van der Waals surface area contributed by atoms with Gasteiger partial charge in [-0.2, -0.15) is 0 Å². The van der Waals surface area contributed by atoms with Crippen LogP contribution in [0, 0.1) is 5.92 Å². The normalized spacial score (nSPS) is 19.8. The van der Waals surface area contributed by atoms with E-state index in [2.05, 4.69) is 34.9 Å². The van der Waals surface area contributed by atoms with Crippen LogP contribution >= 0.6 is 0 Å². The number of fused-ring (bicyclic) bond motifs is 3. The molecule has 0 aliphatic heterocycles. The van der Waals surface area contributed by atoms with Crippen LogP contribution in [-0.2, 0) is 19.1 Å². The maximum Gasteiger partial charge on any atom is 0.407 e. The molecule has 8 heteroatoms. The summed E-state index contributed by atoms with van der Waals surface area (Å²) >= 11 is 0. The second kappa shape index (κ2) is 9.40. The van der Waals surface area contributed by atoms with E-state index in [1.54, 1.807) is 0 Å². The maximum atomic E-state index is 12.3. The molecule has 1 unspecified atom stereocenters. The minimum atomic E-state index is -1.13. The summed E-state index contributed by atoms with van der Waals surface area (Å²) in [7, 11) is 1.28. The van der Waals surface area contributed by atoms with Crippen molar-refractivity contribution in [1.29, 1.82) is 0 Å². The number of hydrogen-bond acceptors (Lipinski definition) is 5. The monoisotopic (exact) mass is 438 g/mol. The number of methoxy groups -OCH3 is 1. The summed E-state index contributed by atoms with van der Waals surface area (Å²) in [6.45, 7) is 0.149. The molecule has 0 saturated heterocycles. The third-order valence-electron chi connectivity index (χ3n) is 6.20. The largest absolute Gasteiger partial charge is 0.479 e. The van der Waals surface area contributed by atoms with Crippen LogP contribution in [0.3, 0.4) is 0 Å². The first-order valence-corrected chi connectivity index (χ1v) is 10.6. The molecule has 1 saturated carbocycles. The van der Waals surface area contributed by atoms with Gasteiger partial charge in [-0.3, -0.25) is 4.79 Å². The number of alkyl carbamates (subject to hydrolysis) is 1. The summed E-state index contributed by atoms with van der Waals surface area (Å²) in [5, 5.41) is 14.3. The maximum absolute atomic E-state index is 12.3. The van der Waals surface area contributed by atoms with E-state index in [1.807, 2.05) is 24.3 Å². The van der Waals surface area contributed by atoms with Crippen LogP contribution in [0.1, 0.15) is 29.9 Å². The average Bonchev–Trinajstić information content (AvgIpc) is 3.08. The number of aliphatic carboxylic acids is 1. The molecule has 2 aliphatic rings. The third kappa shape index (κ3) is 4.45. The van der Waals surface area contributed by atoms with Crippen molar-refractivity contribution in [1.82, 2.24) is 10.6 Å². The molecule has 4 rings (SSSR count). The highest BCUT2D eigenvalue weighted by molar-refractivity contribution is 5.81. The Morgan fingerprint density at radius 2 is 1.62 bits per heavy atom. The zero-order valence-electron chi connectivity index (χ0n) is 17.7. The van der Waals surface area contributed by atoms with Gasteiger partial charge in [0.1, 0.15) is 6.61 Å². The quantitative estimate of drug-likeness (QED) is 0.584. The fourth-order valence-corrected chi connectivity index (χ4v) is 4.37. The average molecular weight is 438 g/mol. The lowest BCUT2D eigenvalue weighted by Crippen LogP contribution is -2.51. The van der Waals surface area contributed by atoms with Gasteiger partial charge in [-0.1, -0.05) is 48.5 Å². The van der Waals surface area contributed by atoms with Crippen molar-refractivity contribution >= 4 is 18.0 Å². The van der Waals surface area contributed by atoms with Crippen molar-refractivity contribution < 1.29 is 29.0 Å². The molecular weight excluding hydrogens is 412 g/mol. The number of benzene rings is 2. The van der Waals surface area contributed by atoms with E-state index in [0.29, 0.717) is 12.8 Å². The lowest BCUT2D eigenvalue weighted by atomic mass is 9.79. The minimum Gasteiger partial charge on any atom is -0.479 e. The van der Waals surface area contributed by atoms with E-state index in [4.69, 9.17) is 14.6 Å². The number of carbonyl (C=O) groups is 3. The molecule has 0 bridgehead atoms. The Morgan fingerprint density at radius 3 is 2.19 bits per heavy atom. The van der Waals surface area contributed by atoms with Crippen LogP contribution in [0.2, 0.25) is 0 Å². The van der Waals surface area contributed by atoms with E-state index in [0.717, 1.165) is 11.1 Å². The predicted octanol–water partition coefficient (Wildman–Crippen LogP) is 2.52. The van der Waals surface area contributed by atoms with Gasteiger partial charge < -0.3 is 25.2 Å². The zero-order valence-corrected chi connectivity index (χ0v) is 17.7. The third-order valence-corrected chi connectivity index (χ3v) is 6.20. The molecule has 8 nitrogen and oxygen atoms in total. The Bertz CT molecular complexity index is 972. The SMILES string of the molecule is COC(CNC(=O)C1CC(NC(=O)OCC2c3ccccc3-c3ccccc32)C1)C(=O)O. The van der Waals surface area contributed by atoms with Crippen LogP contribution in [-0.4, -0.2) is 55.5 Å². The first-order valence-electron chi connectivity index (χ1n) is 10.6. The van der Waals surface area contributed by atoms with Gasteiger partial charge in [0.2, 0.25) is 5.91 Å². The fourth-order valence-electron chi connectivity index (χ4n) is 4.37.